The summed E-state index contributed by atoms with van der Waals surface area (Å²) in [7, 11) is 0. The zero-order valence-electron chi connectivity index (χ0n) is 10.6. The number of fused-ring (bicyclic) bond motifs is 1. The van der Waals surface area contributed by atoms with Crippen LogP contribution in [-0.2, 0) is 0 Å². The van der Waals surface area contributed by atoms with E-state index in [9.17, 15) is 5.11 Å². The maximum atomic E-state index is 10.1. The van der Waals surface area contributed by atoms with Gasteiger partial charge in [0, 0.05) is 12.0 Å². The second kappa shape index (κ2) is 6.06. The fourth-order valence-electron chi connectivity index (χ4n) is 2.44. The van der Waals surface area contributed by atoms with Crippen LogP contribution in [-0.4, -0.2) is 11.2 Å². The molecule has 94 valence electrons. The van der Waals surface area contributed by atoms with Gasteiger partial charge in [0.15, 0.2) is 0 Å². The largest absolute Gasteiger partial charge is 0.490 e. The van der Waals surface area contributed by atoms with Crippen molar-refractivity contribution in [1.29, 1.82) is 0 Å². The van der Waals surface area contributed by atoms with Crippen molar-refractivity contribution < 1.29 is 9.84 Å². The molecule has 0 fully saturated rings. The van der Waals surface area contributed by atoms with E-state index < -0.39 is 0 Å². The van der Waals surface area contributed by atoms with Gasteiger partial charge in [-0.3, -0.25) is 0 Å². The number of benzene rings is 1. The van der Waals surface area contributed by atoms with Gasteiger partial charge >= 0.3 is 0 Å². The highest BCUT2D eigenvalue weighted by Gasteiger charge is 2.25. The third-order valence-corrected chi connectivity index (χ3v) is 3.44. The summed E-state index contributed by atoms with van der Waals surface area (Å²) in [4.78, 5) is 0. The lowest BCUT2D eigenvalue weighted by atomic mass is 9.96. The molecule has 2 heteroatoms. The second-order valence-corrected chi connectivity index (χ2v) is 4.88. The van der Waals surface area contributed by atoms with Crippen LogP contribution < -0.4 is 4.74 Å². The summed E-state index contributed by atoms with van der Waals surface area (Å²) in [6, 6.07) is 7.82. The predicted octanol–water partition coefficient (Wildman–Crippen LogP) is 3.84. The first-order valence-corrected chi connectivity index (χ1v) is 6.75. The minimum absolute atomic E-state index is 0.191. The van der Waals surface area contributed by atoms with Crippen LogP contribution in [0.5, 0.6) is 5.75 Å². The Kier molecular flexibility index (Phi) is 4.43. The van der Waals surface area contributed by atoms with Crippen molar-refractivity contribution in [2.75, 3.05) is 0 Å². The topological polar surface area (TPSA) is 29.5 Å². The Morgan fingerprint density at radius 3 is 2.88 bits per heavy atom. The first kappa shape index (κ1) is 12.4. The maximum absolute atomic E-state index is 10.1. The van der Waals surface area contributed by atoms with Crippen LogP contribution in [0.1, 0.15) is 57.1 Å². The molecule has 0 saturated carbocycles. The maximum Gasteiger partial charge on any atom is 0.125 e. The molecular formula is C15H22O2. The lowest BCUT2D eigenvalue weighted by Gasteiger charge is -2.29. The SMILES string of the molecule is CCCCCCC1CC(O)c2ccccc2O1. The molecule has 0 radical (unpaired) electrons. The van der Waals surface area contributed by atoms with Gasteiger partial charge in [-0.25, -0.2) is 0 Å². The Labute approximate surface area is 104 Å². The highest BCUT2D eigenvalue weighted by molar-refractivity contribution is 5.36. The Morgan fingerprint density at radius 2 is 2.06 bits per heavy atom. The van der Waals surface area contributed by atoms with Crippen LogP contribution in [0.3, 0.4) is 0 Å². The zero-order chi connectivity index (χ0) is 12.1. The van der Waals surface area contributed by atoms with Crippen LogP contribution in [0.4, 0.5) is 0 Å². The highest BCUT2D eigenvalue weighted by atomic mass is 16.5. The van der Waals surface area contributed by atoms with E-state index in [1.165, 1.54) is 25.7 Å². The van der Waals surface area contributed by atoms with E-state index in [0.717, 1.165) is 24.2 Å². The Morgan fingerprint density at radius 1 is 1.24 bits per heavy atom. The van der Waals surface area contributed by atoms with Crippen LogP contribution >= 0.6 is 0 Å². The van der Waals surface area contributed by atoms with Gasteiger partial charge in [0.1, 0.15) is 11.9 Å². The molecule has 1 aliphatic heterocycles. The van der Waals surface area contributed by atoms with Gasteiger partial charge in [-0.15, -0.1) is 0 Å². The number of hydrogen-bond acceptors (Lipinski definition) is 2. The average Bonchev–Trinajstić information content (AvgIpc) is 2.35. The molecule has 2 atom stereocenters. The average molecular weight is 234 g/mol. The molecule has 0 aliphatic carbocycles. The minimum Gasteiger partial charge on any atom is -0.490 e. The van der Waals surface area contributed by atoms with Crippen LogP contribution in [0.2, 0.25) is 0 Å². The first-order valence-electron chi connectivity index (χ1n) is 6.75. The molecule has 1 aromatic carbocycles. The van der Waals surface area contributed by atoms with E-state index in [1.807, 2.05) is 24.3 Å². The summed E-state index contributed by atoms with van der Waals surface area (Å²) in [5.74, 6) is 0.867. The molecule has 2 unspecified atom stereocenters. The highest BCUT2D eigenvalue weighted by Crippen LogP contribution is 2.35. The quantitative estimate of drug-likeness (QED) is 0.784. The summed E-state index contributed by atoms with van der Waals surface area (Å²) in [6.07, 6.45) is 6.67. The molecular weight excluding hydrogens is 212 g/mol. The predicted molar refractivity (Wildman–Crippen MR) is 69.2 cm³/mol. The third kappa shape index (κ3) is 3.22. The van der Waals surface area contributed by atoms with Crippen molar-refractivity contribution >= 4 is 0 Å². The lowest BCUT2D eigenvalue weighted by molar-refractivity contribution is 0.0605. The molecule has 2 rings (SSSR count). The van der Waals surface area contributed by atoms with Gasteiger partial charge in [-0.2, -0.15) is 0 Å². The van der Waals surface area contributed by atoms with Gasteiger partial charge in [0.25, 0.3) is 0 Å². The molecule has 1 heterocycles. The summed E-state index contributed by atoms with van der Waals surface area (Å²) in [6.45, 7) is 2.22. The third-order valence-electron chi connectivity index (χ3n) is 3.44. The fraction of sp³-hybridized carbons (Fsp3) is 0.600. The molecule has 0 saturated heterocycles. The number of rotatable bonds is 5. The van der Waals surface area contributed by atoms with Gasteiger partial charge in [-0.05, 0) is 18.9 Å². The summed E-state index contributed by atoms with van der Waals surface area (Å²) >= 11 is 0. The van der Waals surface area contributed by atoms with Gasteiger partial charge in [-0.1, -0.05) is 44.4 Å². The van der Waals surface area contributed by atoms with Crippen molar-refractivity contribution in [2.24, 2.45) is 0 Å². The molecule has 0 amide bonds. The lowest BCUT2D eigenvalue weighted by Crippen LogP contribution is -2.25. The van der Waals surface area contributed by atoms with E-state index in [-0.39, 0.29) is 12.2 Å². The minimum atomic E-state index is -0.351. The smallest absolute Gasteiger partial charge is 0.125 e. The molecule has 0 spiro atoms. The van der Waals surface area contributed by atoms with Crippen LogP contribution in [0.25, 0.3) is 0 Å². The van der Waals surface area contributed by atoms with E-state index in [2.05, 4.69) is 6.92 Å². The Balaban J connectivity index is 1.88. The molecule has 0 aromatic heterocycles. The van der Waals surface area contributed by atoms with E-state index >= 15 is 0 Å². The fourth-order valence-corrected chi connectivity index (χ4v) is 2.44. The van der Waals surface area contributed by atoms with Crippen molar-refractivity contribution in [3.8, 4) is 5.75 Å². The monoisotopic (exact) mass is 234 g/mol. The summed E-state index contributed by atoms with van der Waals surface area (Å²) in [5, 5.41) is 10.1. The summed E-state index contributed by atoms with van der Waals surface area (Å²) < 4.78 is 5.92. The van der Waals surface area contributed by atoms with E-state index in [4.69, 9.17) is 4.74 Å². The van der Waals surface area contributed by atoms with Gasteiger partial charge < -0.3 is 9.84 Å². The number of ether oxygens (including phenoxy) is 1. The van der Waals surface area contributed by atoms with Crippen molar-refractivity contribution in [2.45, 2.75) is 57.7 Å². The number of hydrogen-bond donors (Lipinski definition) is 1. The first-order chi connectivity index (χ1) is 8.31. The molecule has 2 nitrogen and oxygen atoms in total. The van der Waals surface area contributed by atoms with Crippen molar-refractivity contribution in [3.63, 3.8) is 0 Å². The molecule has 0 bridgehead atoms. The van der Waals surface area contributed by atoms with Crippen molar-refractivity contribution in [3.05, 3.63) is 29.8 Å². The van der Waals surface area contributed by atoms with Crippen LogP contribution in [0, 0.1) is 0 Å². The van der Waals surface area contributed by atoms with Crippen molar-refractivity contribution in [1.82, 2.24) is 0 Å². The van der Waals surface area contributed by atoms with E-state index in [1.54, 1.807) is 0 Å². The number of aliphatic hydroxyl groups is 1. The number of unbranched alkanes of at least 4 members (excludes halogenated alkanes) is 3. The number of para-hydroxylation sites is 1. The molecule has 17 heavy (non-hydrogen) atoms. The molecule has 1 aromatic rings. The Bertz CT molecular complexity index is 349. The number of aliphatic hydroxyl groups excluding tert-OH is 1. The molecule has 1 N–H and O–H groups in total. The summed E-state index contributed by atoms with van der Waals surface area (Å²) in [5.41, 5.74) is 0.942. The standard InChI is InChI=1S/C15H22O2/c1-2-3-4-5-8-12-11-14(16)13-9-6-7-10-15(13)17-12/h6-7,9-10,12,14,16H,2-5,8,11H2,1H3. The van der Waals surface area contributed by atoms with Gasteiger partial charge in [0.05, 0.1) is 6.10 Å². The Hall–Kier alpha value is -1.02. The zero-order valence-corrected chi connectivity index (χ0v) is 10.6. The molecule has 1 aliphatic rings. The normalized spacial score (nSPS) is 22.9. The van der Waals surface area contributed by atoms with Gasteiger partial charge in [0.2, 0.25) is 0 Å². The van der Waals surface area contributed by atoms with Crippen LogP contribution in [0.15, 0.2) is 24.3 Å². The van der Waals surface area contributed by atoms with E-state index in [0.29, 0.717) is 0 Å². The second-order valence-electron chi connectivity index (χ2n) is 4.88.